The highest BCUT2D eigenvalue weighted by molar-refractivity contribution is 9.10. The van der Waals surface area contributed by atoms with Crippen LogP contribution in [-0.4, -0.2) is 17.9 Å². The van der Waals surface area contributed by atoms with Crippen LogP contribution in [-0.2, 0) is 0 Å². The standard InChI is InChI=1S/C9H3BrF6O/c10-4-1-2-5(6(11)3-4)7(17)8(12,13)9(14,15)16/h1-3H. The predicted molar refractivity (Wildman–Crippen MR) is 49.4 cm³/mol. The van der Waals surface area contributed by atoms with Crippen molar-refractivity contribution in [3.8, 4) is 0 Å². The van der Waals surface area contributed by atoms with E-state index in [4.69, 9.17) is 0 Å². The summed E-state index contributed by atoms with van der Waals surface area (Å²) in [5, 5.41) is 0. The monoisotopic (exact) mass is 320 g/mol. The van der Waals surface area contributed by atoms with E-state index in [1.165, 1.54) is 0 Å². The zero-order chi connectivity index (χ0) is 13.4. The second-order valence-corrected chi connectivity index (χ2v) is 3.94. The molecule has 17 heavy (non-hydrogen) atoms. The molecule has 0 atom stereocenters. The topological polar surface area (TPSA) is 17.1 Å². The third-order valence-corrected chi connectivity index (χ3v) is 2.31. The van der Waals surface area contributed by atoms with E-state index in [0.29, 0.717) is 12.1 Å². The smallest absolute Gasteiger partial charge is 0.287 e. The summed E-state index contributed by atoms with van der Waals surface area (Å²) in [7, 11) is 0. The van der Waals surface area contributed by atoms with Crippen LogP contribution in [0.3, 0.4) is 0 Å². The van der Waals surface area contributed by atoms with Crippen LogP contribution in [0.2, 0.25) is 0 Å². The Morgan fingerprint density at radius 3 is 2.06 bits per heavy atom. The number of carbonyl (C=O) groups excluding carboxylic acids is 1. The number of benzene rings is 1. The third kappa shape index (κ3) is 2.62. The molecule has 8 heteroatoms. The minimum absolute atomic E-state index is 0.113. The zero-order valence-corrected chi connectivity index (χ0v) is 9.37. The van der Waals surface area contributed by atoms with Crippen LogP contribution in [0.1, 0.15) is 10.4 Å². The van der Waals surface area contributed by atoms with E-state index >= 15 is 0 Å². The molecule has 0 unspecified atom stereocenters. The molecule has 1 nitrogen and oxygen atoms in total. The summed E-state index contributed by atoms with van der Waals surface area (Å²) < 4.78 is 74.1. The minimum atomic E-state index is -6.05. The average molecular weight is 321 g/mol. The Labute approximate surface area is 99.5 Å². The van der Waals surface area contributed by atoms with Gasteiger partial charge in [-0.2, -0.15) is 22.0 Å². The van der Waals surface area contributed by atoms with E-state index < -0.39 is 29.3 Å². The van der Waals surface area contributed by atoms with Gasteiger partial charge < -0.3 is 0 Å². The zero-order valence-electron chi connectivity index (χ0n) is 7.79. The van der Waals surface area contributed by atoms with Gasteiger partial charge in [0.05, 0.1) is 5.56 Å². The maximum atomic E-state index is 13.1. The van der Waals surface area contributed by atoms with Crippen LogP contribution in [0, 0.1) is 5.82 Å². The molecule has 0 spiro atoms. The van der Waals surface area contributed by atoms with Gasteiger partial charge in [0, 0.05) is 4.47 Å². The number of hydrogen-bond acceptors (Lipinski definition) is 1. The van der Waals surface area contributed by atoms with Crippen LogP contribution in [0.25, 0.3) is 0 Å². The highest BCUT2D eigenvalue weighted by Gasteiger charge is 2.63. The Bertz CT molecular complexity index is 453. The molecule has 0 bridgehead atoms. The summed E-state index contributed by atoms with van der Waals surface area (Å²) >= 11 is 2.77. The summed E-state index contributed by atoms with van der Waals surface area (Å²) in [4.78, 5) is 10.9. The Balaban J connectivity index is 3.22. The van der Waals surface area contributed by atoms with E-state index in [1.807, 2.05) is 0 Å². The van der Waals surface area contributed by atoms with Gasteiger partial charge in [0.15, 0.2) is 0 Å². The number of halogens is 7. The molecule has 0 aliphatic heterocycles. The van der Waals surface area contributed by atoms with Crippen molar-refractivity contribution in [1.82, 2.24) is 0 Å². The Morgan fingerprint density at radius 2 is 1.65 bits per heavy atom. The minimum Gasteiger partial charge on any atom is -0.287 e. The van der Waals surface area contributed by atoms with Crippen molar-refractivity contribution in [2.75, 3.05) is 0 Å². The van der Waals surface area contributed by atoms with Crippen molar-refractivity contribution >= 4 is 21.7 Å². The van der Waals surface area contributed by atoms with Gasteiger partial charge >= 0.3 is 12.1 Å². The number of Topliss-reactive ketones (excluding diaryl/α,β-unsaturated/α-hetero) is 1. The molecule has 1 aromatic rings. The lowest BCUT2D eigenvalue weighted by atomic mass is 10.0. The molecule has 0 N–H and O–H groups in total. The molecule has 94 valence electrons. The van der Waals surface area contributed by atoms with Gasteiger partial charge in [-0.15, -0.1) is 0 Å². The van der Waals surface area contributed by atoms with Crippen LogP contribution in [0.4, 0.5) is 26.3 Å². The van der Waals surface area contributed by atoms with Crippen molar-refractivity contribution in [2.45, 2.75) is 12.1 Å². The summed E-state index contributed by atoms with van der Waals surface area (Å²) in [5.74, 6) is -9.68. The van der Waals surface area contributed by atoms with Crippen molar-refractivity contribution in [3.63, 3.8) is 0 Å². The first kappa shape index (κ1) is 14.0. The first-order chi connectivity index (χ1) is 7.57. The summed E-state index contributed by atoms with van der Waals surface area (Å²) in [5.41, 5.74) is -1.31. The molecule has 0 fully saturated rings. The normalized spacial score (nSPS) is 12.6. The number of carbonyl (C=O) groups is 1. The molecule has 0 amide bonds. The van der Waals surface area contributed by atoms with Gasteiger partial charge in [-0.3, -0.25) is 4.79 Å². The van der Waals surface area contributed by atoms with Crippen molar-refractivity contribution < 1.29 is 31.1 Å². The van der Waals surface area contributed by atoms with Crippen LogP contribution in [0.5, 0.6) is 0 Å². The number of hydrogen-bond donors (Lipinski definition) is 0. The number of ketones is 1. The number of rotatable bonds is 2. The van der Waals surface area contributed by atoms with E-state index in [0.717, 1.165) is 6.07 Å². The molecule has 0 aliphatic carbocycles. The quantitative estimate of drug-likeness (QED) is 0.595. The fourth-order valence-electron chi connectivity index (χ4n) is 0.971. The highest BCUT2D eigenvalue weighted by atomic mass is 79.9. The van der Waals surface area contributed by atoms with Crippen molar-refractivity contribution in [3.05, 3.63) is 34.1 Å². The first-order valence-corrected chi connectivity index (χ1v) is 4.81. The maximum Gasteiger partial charge on any atom is 0.461 e. The second-order valence-electron chi connectivity index (χ2n) is 3.03. The van der Waals surface area contributed by atoms with Crippen molar-refractivity contribution in [2.24, 2.45) is 0 Å². The lowest BCUT2D eigenvalue weighted by Gasteiger charge is -2.18. The summed E-state index contributed by atoms with van der Waals surface area (Å²) in [6.07, 6.45) is -6.05. The number of alkyl halides is 5. The second kappa shape index (κ2) is 4.32. The molecular weight excluding hydrogens is 318 g/mol. The Hall–Kier alpha value is -1.05. The fourth-order valence-corrected chi connectivity index (χ4v) is 1.30. The summed E-state index contributed by atoms with van der Waals surface area (Å²) in [6, 6.07) is 2.17. The van der Waals surface area contributed by atoms with E-state index in [2.05, 4.69) is 15.9 Å². The molecule has 0 radical (unpaired) electrons. The summed E-state index contributed by atoms with van der Waals surface area (Å²) in [6.45, 7) is 0. The Kier molecular flexibility index (Phi) is 3.56. The lowest BCUT2D eigenvalue weighted by molar-refractivity contribution is -0.255. The van der Waals surface area contributed by atoms with Gasteiger partial charge in [-0.25, -0.2) is 4.39 Å². The molecule has 0 heterocycles. The van der Waals surface area contributed by atoms with E-state index in [9.17, 15) is 31.1 Å². The molecular formula is C9H3BrF6O. The average Bonchev–Trinajstić information content (AvgIpc) is 2.14. The lowest BCUT2D eigenvalue weighted by Crippen LogP contribution is -2.44. The molecule has 0 aromatic heterocycles. The largest absolute Gasteiger partial charge is 0.461 e. The van der Waals surface area contributed by atoms with Crippen LogP contribution in [0.15, 0.2) is 22.7 Å². The molecule has 1 aromatic carbocycles. The SMILES string of the molecule is O=C(c1ccc(Br)cc1F)C(F)(F)C(F)(F)F. The van der Waals surface area contributed by atoms with Gasteiger partial charge in [-0.1, -0.05) is 15.9 Å². The van der Waals surface area contributed by atoms with E-state index in [1.54, 1.807) is 0 Å². The van der Waals surface area contributed by atoms with Crippen LogP contribution >= 0.6 is 15.9 Å². The van der Waals surface area contributed by atoms with Crippen LogP contribution < -0.4 is 0 Å². The Morgan fingerprint density at radius 1 is 1.12 bits per heavy atom. The maximum absolute atomic E-state index is 13.1. The third-order valence-electron chi connectivity index (χ3n) is 1.82. The molecule has 0 aliphatic rings. The van der Waals surface area contributed by atoms with Gasteiger partial charge in [-0.05, 0) is 18.2 Å². The molecule has 0 saturated heterocycles. The molecule has 0 saturated carbocycles. The highest BCUT2D eigenvalue weighted by Crippen LogP contribution is 2.38. The van der Waals surface area contributed by atoms with Gasteiger partial charge in [0.2, 0.25) is 5.78 Å². The molecule has 1 rings (SSSR count). The van der Waals surface area contributed by atoms with Gasteiger partial charge in [0.1, 0.15) is 5.82 Å². The van der Waals surface area contributed by atoms with E-state index in [-0.39, 0.29) is 4.47 Å². The predicted octanol–water partition coefficient (Wildman–Crippen LogP) is 3.97. The van der Waals surface area contributed by atoms with Gasteiger partial charge in [0.25, 0.3) is 0 Å². The fraction of sp³-hybridized carbons (Fsp3) is 0.222. The van der Waals surface area contributed by atoms with Crippen molar-refractivity contribution in [1.29, 1.82) is 0 Å². The first-order valence-electron chi connectivity index (χ1n) is 4.02.